The summed E-state index contributed by atoms with van der Waals surface area (Å²) in [4.78, 5) is 2.62. The van der Waals surface area contributed by atoms with Gasteiger partial charge in [0, 0.05) is 18.7 Å². The molecule has 1 aromatic carbocycles. The van der Waals surface area contributed by atoms with E-state index in [0.717, 1.165) is 22.5 Å². The van der Waals surface area contributed by atoms with Crippen molar-refractivity contribution >= 4 is 54.8 Å². The van der Waals surface area contributed by atoms with Crippen molar-refractivity contribution < 1.29 is 0 Å². The molecule has 2 rings (SSSR count). The van der Waals surface area contributed by atoms with Gasteiger partial charge in [0.15, 0.2) is 0 Å². The molecule has 0 aliphatic heterocycles. The summed E-state index contributed by atoms with van der Waals surface area (Å²) in [6.45, 7) is 5.30. The first-order valence-electron chi connectivity index (χ1n) is 6.47. The van der Waals surface area contributed by atoms with Crippen LogP contribution in [0.3, 0.4) is 0 Å². The smallest absolute Gasteiger partial charge is 0.0671 e. The SMILES string of the molecule is CCCNC(c1ccc(Cl)c(Br)c1)c1cc(Br)c(C)s1. The van der Waals surface area contributed by atoms with Gasteiger partial charge in [-0.05, 0) is 75.5 Å². The number of rotatable bonds is 5. The molecule has 0 saturated heterocycles. The molecule has 1 nitrogen and oxygen atoms in total. The fraction of sp³-hybridized carbons (Fsp3) is 0.333. The third kappa shape index (κ3) is 3.86. The summed E-state index contributed by atoms with van der Waals surface area (Å²) < 4.78 is 2.11. The Labute approximate surface area is 146 Å². The van der Waals surface area contributed by atoms with Crippen LogP contribution in [0, 0.1) is 6.92 Å². The second-order valence-corrected chi connectivity index (χ2v) is 8.02. The van der Waals surface area contributed by atoms with E-state index in [2.05, 4.69) is 69.2 Å². The maximum absolute atomic E-state index is 6.09. The zero-order valence-electron chi connectivity index (χ0n) is 11.3. The minimum Gasteiger partial charge on any atom is -0.306 e. The molecule has 1 unspecified atom stereocenters. The van der Waals surface area contributed by atoms with E-state index in [1.165, 1.54) is 19.8 Å². The largest absolute Gasteiger partial charge is 0.306 e. The van der Waals surface area contributed by atoms with Crippen molar-refractivity contribution in [2.75, 3.05) is 6.54 Å². The van der Waals surface area contributed by atoms with Crippen LogP contribution in [0.1, 0.15) is 34.7 Å². The Hall–Kier alpha value is 0.130. The van der Waals surface area contributed by atoms with Gasteiger partial charge in [-0.15, -0.1) is 11.3 Å². The Morgan fingerprint density at radius 1 is 1.25 bits per heavy atom. The average molecular weight is 438 g/mol. The minimum absolute atomic E-state index is 0.207. The van der Waals surface area contributed by atoms with Gasteiger partial charge < -0.3 is 5.32 Å². The maximum Gasteiger partial charge on any atom is 0.0671 e. The molecule has 1 aromatic heterocycles. The van der Waals surface area contributed by atoms with Crippen molar-refractivity contribution in [3.05, 3.63) is 53.6 Å². The highest BCUT2D eigenvalue weighted by Crippen LogP contribution is 2.35. The number of halogens is 3. The molecule has 0 spiro atoms. The lowest BCUT2D eigenvalue weighted by molar-refractivity contribution is 0.605. The van der Waals surface area contributed by atoms with E-state index >= 15 is 0 Å². The molecule has 1 atom stereocenters. The molecule has 0 aliphatic carbocycles. The van der Waals surface area contributed by atoms with Crippen molar-refractivity contribution in [1.29, 1.82) is 0 Å². The molecule has 1 N–H and O–H groups in total. The number of thiophene rings is 1. The van der Waals surface area contributed by atoms with Crippen molar-refractivity contribution in [1.82, 2.24) is 5.32 Å². The topological polar surface area (TPSA) is 12.0 Å². The molecular formula is C15H16Br2ClNS. The lowest BCUT2D eigenvalue weighted by Gasteiger charge is -2.18. The lowest BCUT2D eigenvalue weighted by Crippen LogP contribution is -2.22. The zero-order valence-corrected chi connectivity index (χ0v) is 16.1. The van der Waals surface area contributed by atoms with Gasteiger partial charge in [0.2, 0.25) is 0 Å². The summed E-state index contributed by atoms with van der Waals surface area (Å²) in [6.07, 6.45) is 1.11. The summed E-state index contributed by atoms with van der Waals surface area (Å²) in [5.41, 5.74) is 1.23. The van der Waals surface area contributed by atoms with Crippen molar-refractivity contribution in [2.24, 2.45) is 0 Å². The first-order valence-corrected chi connectivity index (χ1v) is 9.25. The summed E-state index contributed by atoms with van der Waals surface area (Å²) >= 11 is 15.0. The highest BCUT2D eigenvalue weighted by Gasteiger charge is 2.17. The summed E-state index contributed by atoms with van der Waals surface area (Å²) in [5, 5.41) is 4.36. The van der Waals surface area contributed by atoms with Crippen LogP contribution < -0.4 is 5.32 Å². The second-order valence-electron chi connectivity index (χ2n) is 4.61. The van der Waals surface area contributed by atoms with E-state index in [1.54, 1.807) is 0 Å². The third-order valence-electron chi connectivity index (χ3n) is 3.04. The van der Waals surface area contributed by atoms with Gasteiger partial charge in [-0.1, -0.05) is 24.6 Å². The van der Waals surface area contributed by atoms with Crippen LogP contribution in [0.4, 0.5) is 0 Å². The van der Waals surface area contributed by atoms with Crippen LogP contribution in [-0.2, 0) is 0 Å². The fourth-order valence-corrected chi connectivity index (χ4v) is 4.17. The molecule has 0 fully saturated rings. The standard InChI is InChI=1S/C15H16Br2ClNS/c1-3-6-19-15(14-8-11(16)9(2)20-14)10-4-5-13(18)12(17)7-10/h4-5,7-8,15,19H,3,6H2,1-2H3. The molecule has 20 heavy (non-hydrogen) atoms. The number of nitrogens with one attached hydrogen (secondary N) is 1. The van der Waals surface area contributed by atoms with Crippen LogP contribution in [0.5, 0.6) is 0 Å². The third-order valence-corrected chi connectivity index (χ3v) is 6.45. The van der Waals surface area contributed by atoms with E-state index in [9.17, 15) is 0 Å². The molecule has 5 heteroatoms. The molecule has 2 aromatic rings. The Balaban J connectivity index is 2.38. The van der Waals surface area contributed by atoms with E-state index < -0.39 is 0 Å². The van der Waals surface area contributed by atoms with Crippen molar-refractivity contribution in [2.45, 2.75) is 26.3 Å². The number of aryl methyl sites for hydroxylation is 1. The Kier molecular flexibility index (Phi) is 6.11. The van der Waals surface area contributed by atoms with Crippen molar-refractivity contribution in [3.63, 3.8) is 0 Å². The molecule has 1 heterocycles. The van der Waals surface area contributed by atoms with Gasteiger partial charge in [-0.2, -0.15) is 0 Å². The van der Waals surface area contributed by atoms with Crippen LogP contribution in [0.25, 0.3) is 0 Å². The molecule has 108 valence electrons. The van der Waals surface area contributed by atoms with Gasteiger partial charge in [0.1, 0.15) is 0 Å². The predicted octanol–water partition coefficient (Wildman–Crippen LogP) is 6.32. The van der Waals surface area contributed by atoms with Crippen LogP contribution in [-0.4, -0.2) is 6.54 Å². The first kappa shape index (κ1) is 16.5. The van der Waals surface area contributed by atoms with Crippen molar-refractivity contribution in [3.8, 4) is 0 Å². The normalized spacial score (nSPS) is 12.7. The molecule has 0 amide bonds. The zero-order chi connectivity index (χ0) is 14.7. The summed E-state index contributed by atoms with van der Waals surface area (Å²) in [5.74, 6) is 0. The quantitative estimate of drug-likeness (QED) is 0.577. The van der Waals surface area contributed by atoms with E-state index in [4.69, 9.17) is 11.6 Å². The Bertz CT molecular complexity index is 578. The highest BCUT2D eigenvalue weighted by molar-refractivity contribution is 9.10. The van der Waals surface area contributed by atoms with Gasteiger partial charge >= 0.3 is 0 Å². The van der Waals surface area contributed by atoms with Crippen LogP contribution in [0.2, 0.25) is 5.02 Å². The second kappa shape index (κ2) is 7.41. The van der Waals surface area contributed by atoms with E-state index in [-0.39, 0.29) is 6.04 Å². The number of benzene rings is 1. The summed E-state index contributed by atoms with van der Waals surface area (Å²) in [7, 11) is 0. The van der Waals surface area contributed by atoms with E-state index in [1.807, 2.05) is 17.4 Å². The van der Waals surface area contributed by atoms with E-state index in [0.29, 0.717) is 0 Å². The molecular weight excluding hydrogens is 422 g/mol. The predicted molar refractivity (Wildman–Crippen MR) is 96.0 cm³/mol. The molecule has 0 saturated carbocycles. The maximum atomic E-state index is 6.09. The highest BCUT2D eigenvalue weighted by atomic mass is 79.9. The van der Waals surface area contributed by atoms with Crippen LogP contribution in [0.15, 0.2) is 33.2 Å². The number of hydrogen-bond acceptors (Lipinski definition) is 2. The molecule has 0 bridgehead atoms. The fourth-order valence-electron chi connectivity index (χ4n) is 1.99. The lowest BCUT2D eigenvalue weighted by atomic mass is 10.1. The number of hydrogen-bond donors (Lipinski definition) is 1. The van der Waals surface area contributed by atoms with Gasteiger partial charge in [-0.3, -0.25) is 0 Å². The minimum atomic E-state index is 0.207. The van der Waals surface area contributed by atoms with Crippen LogP contribution >= 0.6 is 54.8 Å². The Morgan fingerprint density at radius 3 is 2.55 bits per heavy atom. The first-order chi connectivity index (χ1) is 9.52. The van der Waals surface area contributed by atoms with Gasteiger partial charge in [0.25, 0.3) is 0 Å². The molecule has 0 radical (unpaired) electrons. The summed E-state index contributed by atoms with van der Waals surface area (Å²) in [6, 6.07) is 8.54. The van der Waals surface area contributed by atoms with Gasteiger partial charge in [-0.25, -0.2) is 0 Å². The Morgan fingerprint density at radius 2 is 2.00 bits per heavy atom. The monoisotopic (exact) mass is 435 g/mol. The van der Waals surface area contributed by atoms with Gasteiger partial charge in [0.05, 0.1) is 11.1 Å². The molecule has 0 aliphatic rings. The average Bonchev–Trinajstić information content (AvgIpc) is 2.74.